The summed E-state index contributed by atoms with van der Waals surface area (Å²) in [5, 5.41) is 11.4. The van der Waals surface area contributed by atoms with Crippen LogP contribution in [0.3, 0.4) is 0 Å². The summed E-state index contributed by atoms with van der Waals surface area (Å²) in [7, 11) is 0. The van der Waals surface area contributed by atoms with Crippen LogP contribution >= 0.6 is 0 Å². The van der Waals surface area contributed by atoms with E-state index in [9.17, 15) is 5.11 Å². The van der Waals surface area contributed by atoms with Gasteiger partial charge in [0.1, 0.15) is 11.9 Å². The van der Waals surface area contributed by atoms with Crippen LogP contribution in [-0.4, -0.2) is 15.1 Å². The van der Waals surface area contributed by atoms with Gasteiger partial charge >= 0.3 is 0 Å². The molecular formula is C15H13N3O. The maximum absolute atomic E-state index is 10.5. The maximum atomic E-state index is 10.5. The molecule has 3 rings (SSSR count). The van der Waals surface area contributed by atoms with Crippen LogP contribution in [0.15, 0.2) is 54.9 Å². The van der Waals surface area contributed by atoms with Gasteiger partial charge in [-0.3, -0.25) is 4.98 Å². The van der Waals surface area contributed by atoms with Gasteiger partial charge in [0.2, 0.25) is 0 Å². The molecule has 1 atom stereocenters. The highest BCUT2D eigenvalue weighted by Gasteiger charge is 2.16. The van der Waals surface area contributed by atoms with Gasteiger partial charge in [0, 0.05) is 23.3 Å². The van der Waals surface area contributed by atoms with Gasteiger partial charge in [0.05, 0.1) is 5.52 Å². The molecule has 3 aromatic rings. The Kier molecular flexibility index (Phi) is 2.85. The number of aliphatic hydroxyl groups excluding tert-OH is 1. The maximum Gasteiger partial charge on any atom is 0.129 e. The van der Waals surface area contributed by atoms with Crippen LogP contribution in [0.1, 0.15) is 17.2 Å². The number of aromatic nitrogens is 2. The number of nitrogen functional groups attached to an aromatic ring is 1. The zero-order chi connectivity index (χ0) is 13.2. The highest BCUT2D eigenvalue weighted by atomic mass is 16.3. The Morgan fingerprint density at radius 2 is 1.74 bits per heavy atom. The molecule has 0 amide bonds. The Morgan fingerprint density at radius 3 is 2.58 bits per heavy atom. The minimum atomic E-state index is -0.804. The lowest BCUT2D eigenvalue weighted by molar-refractivity contribution is 0.222. The first kappa shape index (κ1) is 11.6. The van der Waals surface area contributed by atoms with Gasteiger partial charge in [-0.05, 0) is 23.8 Å². The zero-order valence-corrected chi connectivity index (χ0v) is 10.2. The molecule has 0 bridgehead atoms. The molecule has 4 heteroatoms. The Morgan fingerprint density at radius 1 is 0.895 bits per heavy atom. The van der Waals surface area contributed by atoms with E-state index in [4.69, 9.17) is 5.73 Å². The normalized spacial score (nSPS) is 12.5. The quantitative estimate of drug-likeness (QED) is 0.733. The first-order chi connectivity index (χ1) is 9.27. The van der Waals surface area contributed by atoms with Gasteiger partial charge in [-0.2, -0.15) is 0 Å². The van der Waals surface area contributed by atoms with Crippen molar-refractivity contribution in [3.63, 3.8) is 0 Å². The number of para-hydroxylation sites is 1. The summed E-state index contributed by atoms with van der Waals surface area (Å²) in [5.74, 6) is 0.343. The lowest BCUT2D eigenvalue weighted by atomic mass is 9.99. The summed E-state index contributed by atoms with van der Waals surface area (Å²) in [6.45, 7) is 0. The minimum Gasteiger partial charge on any atom is -0.383 e. The molecule has 0 radical (unpaired) electrons. The van der Waals surface area contributed by atoms with Crippen molar-refractivity contribution >= 4 is 16.7 Å². The number of fused-ring (bicyclic) bond motifs is 1. The van der Waals surface area contributed by atoms with Gasteiger partial charge in [0.25, 0.3) is 0 Å². The number of benzene rings is 1. The van der Waals surface area contributed by atoms with Gasteiger partial charge < -0.3 is 10.8 Å². The fourth-order valence-electron chi connectivity index (χ4n) is 2.19. The number of rotatable bonds is 2. The number of aliphatic hydroxyl groups is 1. The van der Waals surface area contributed by atoms with Crippen molar-refractivity contribution in [1.29, 1.82) is 0 Å². The topological polar surface area (TPSA) is 72.0 Å². The second kappa shape index (κ2) is 4.66. The molecule has 19 heavy (non-hydrogen) atoms. The largest absolute Gasteiger partial charge is 0.383 e. The van der Waals surface area contributed by atoms with E-state index in [0.717, 1.165) is 16.5 Å². The van der Waals surface area contributed by atoms with Crippen LogP contribution in [0.5, 0.6) is 0 Å². The summed E-state index contributed by atoms with van der Waals surface area (Å²) in [4.78, 5) is 8.29. The van der Waals surface area contributed by atoms with Gasteiger partial charge in [-0.15, -0.1) is 0 Å². The Hall–Kier alpha value is -2.46. The van der Waals surface area contributed by atoms with E-state index in [1.807, 2.05) is 24.3 Å². The van der Waals surface area contributed by atoms with E-state index in [2.05, 4.69) is 9.97 Å². The Bertz CT molecular complexity index is 722. The van der Waals surface area contributed by atoms with E-state index >= 15 is 0 Å². The smallest absolute Gasteiger partial charge is 0.129 e. The lowest BCUT2D eigenvalue weighted by Crippen LogP contribution is -2.06. The summed E-state index contributed by atoms with van der Waals surface area (Å²) < 4.78 is 0. The highest BCUT2D eigenvalue weighted by molar-refractivity contribution is 5.82. The van der Waals surface area contributed by atoms with E-state index in [1.165, 1.54) is 0 Å². The van der Waals surface area contributed by atoms with Crippen molar-refractivity contribution in [3.8, 4) is 0 Å². The molecule has 0 saturated carbocycles. The third-order valence-electron chi connectivity index (χ3n) is 3.14. The van der Waals surface area contributed by atoms with Crippen LogP contribution in [0, 0.1) is 0 Å². The number of pyridine rings is 2. The number of nitrogens with zero attached hydrogens (tertiary/aromatic N) is 2. The SMILES string of the molecule is Nc1ncccc1C(O)c1ccnc2ccccc12. The average molecular weight is 251 g/mol. The van der Waals surface area contributed by atoms with Crippen LogP contribution in [0.2, 0.25) is 0 Å². The molecule has 2 aromatic heterocycles. The Balaban J connectivity index is 2.17. The summed E-state index contributed by atoms with van der Waals surface area (Å²) in [5.41, 5.74) is 8.06. The van der Waals surface area contributed by atoms with Crippen molar-refractivity contribution in [2.75, 3.05) is 5.73 Å². The molecule has 3 N–H and O–H groups in total. The summed E-state index contributed by atoms with van der Waals surface area (Å²) in [6, 6.07) is 13.0. The molecule has 0 aliphatic rings. The molecule has 0 aliphatic heterocycles. The van der Waals surface area contributed by atoms with E-state index < -0.39 is 6.10 Å². The zero-order valence-electron chi connectivity index (χ0n) is 10.2. The number of hydrogen-bond donors (Lipinski definition) is 2. The van der Waals surface area contributed by atoms with E-state index in [-0.39, 0.29) is 0 Å². The van der Waals surface area contributed by atoms with Crippen LogP contribution in [0.4, 0.5) is 5.82 Å². The molecule has 1 aromatic carbocycles. The molecule has 0 spiro atoms. The number of nitrogens with two attached hydrogens (primary N) is 1. The van der Waals surface area contributed by atoms with Gasteiger partial charge in [-0.25, -0.2) is 4.98 Å². The molecular weight excluding hydrogens is 238 g/mol. The lowest BCUT2D eigenvalue weighted by Gasteiger charge is -2.14. The second-order valence-electron chi connectivity index (χ2n) is 4.30. The van der Waals surface area contributed by atoms with Gasteiger partial charge in [-0.1, -0.05) is 24.3 Å². The Labute approximate surface area is 110 Å². The van der Waals surface area contributed by atoms with Crippen LogP contribution in [-0.2, 0) is 0 Å². The van der Waals surface area contributed by atoms with Crippen molar-refractivity contribution < 1.29 is 5.11 Å². The number of anilines is 1. The molecule has 0 saturated heterocycles. The molecule has 4 nitrogen and oxygen atoms in total. The van der Waals surface area contributed by atoms with Gasteiger partial charge in [0.15, 0.2) is 0 Å². The minimum absolute atomic E-state index is 0.343. The third-order valence-corrected chi connectivity index (χ3v) is 3.14. The fourth-order valence-corrected chi connectivity index (χ4v) is 2.19. The van der Waals surface area contributed by atoms with Crippen molar-refractivity contribution in [2.45, 2.75) is 6.10 Å². The molecule has 94 valence electrons. The standard InChI is InChI=1S/C15H13N3O/c16-15-12(5-3-8-18-15)14(19)11-7-9-17-13-6-2-1-4-10(11)13/h1-9,14,19H,(H2,16,18). The van der Waals surface area contributed by atoms with Crippen molar-refractivity contribution in [1.82, 2.24) is 9.97 Å². The molecule has 2 heterocycles. The predicted octanol–water partition coefficient (Wildman–Crippen LogP) is 2.29. The molecule has 0 aliphatic carbocycles. The summed E-state index contributed by atoms with van der Waals surface area (Å²) in [6.07, 6.45) is 2.49. The fraction of sp³-hybridized carbons (Fsp3) is 0.0667. The number of hydrogen-bond acceptors (Lipinski definition) is 4. The molecule has 1 unspecified atom stereocenters. The van der Waals surface area contributed by atoms with E-state index in [0.29, 0.717) is 11.4 Å². The highest BCUT2D eigenvalue weighted by Crippen LogP contribution is 2.29. The average Bonchev–Trinajstić information content (AvgIpc) is 2.46. The third kappa shape index (κ3) is 2.02. The van der Waals surface area contributed by atoms with Crippen molar-refractivity contribution in [3.05, 3.63) is 66.0 Å². The first-order valence-corrected chi connectivity index (χ1v) is 5.99. The monoisotopic (exact) mass is 251 g/mol. The predicted molar refractivity (Wildman–Crippen MR) is 74.5 cm³/mol. The first-order valence-electron chi connectivity index (χ1n) is 5.99. The van der Waals surface area contributed by atoms with Crippen LogP contribution in [0.25, 0.3) is 10.9 Å². The summed E-state index contributed by atoms with van der Waals surface area (Å²) >= 11 is 0. The second-order valence-corrected chi connectivity index (χ2v) is 4.30. The molecule has 0 fully saturated rings. The van der Waals surface area contributed by atoms with Crippen LogP contribution < -0.4 is 5.73 Å². The van der Waals surface area contributed by atoms with Crippen molar-refractivity contribution in [2.24, 2.45) is 0 Å². The van der Waals surface area contributed by atoms with E-state index in [1.54, 1.807) is 30.6 Å².